The fourth-order valence-electron chi connectivity index (χ4n) is 4.13. The summed E-state index contributed by atoms with van der Waals surface area (Å²) in [6.07, 6.45) is 8.25. The van der Waals surface area contributed by atoms with Crippen LogP contribution in [0.3, 0.4) is 0 Å². The van der Waals surface area contributed by atoms with Gasteiger partial charge in [-0.1, -0.05) is 13.3 Å². The second kappa shape index (κ2) is 8.68. The molecule has 0 atom stereocenters. The zero-order chi connectivity index (χ0) is 21.1. The lowest BCUT2D eigenvalue weighted by Crippen LogP contribution is -2.40. The Morgan fingerprint density at radius 3 is 2.67 bits per heavy atom. The molecule has 7 heteroatoms. The van der Waals surface area contributed by atoms with Gasteiger partial charge in [0.15, 0.2) is 5.65 Å². The number of benzene rings is 1. The summed E-state index contributed by atoms with van der Waals surface area (Å²) >= 11 is 0. The van der Waals surface area contributed by atoms with E-state index in [1.54, 1.807) is 12.1 Å². The van der Waals surface area contributed by atoms with Gasteiger partial charge in [-0.25, -0.2) is 14.1 Å². The predicted molar refractivity (Wildman–Crippen MR) is 119 cm³/mol. The summed E-state index contributed by atoms with van der Waals surface area (Å²) in [5.41, 5.74) is 8.75. The zero-order valence-electron chi connectivity index (χ0n) is 17.9. The number of fused-ring (bicyclic) bond motifs is 1. The van der Waals surface area contributed by atoms with Crippen molar-refractivity contribution < 1.29 is 4.39 Å². The lowest BCUT2D eigenvalue weighted by Gasteiger charge is -2.34. The number of rotatable bonds is 7. The molecular weight excluding hydrogens is 379 g/mol. The van der Waals surface area contributed by atoms with Crippen LogP contribution in [0.1, 0.15) is 52.4 Å². The number of nitrogens with one attached hydrogen (secondary N) is 1. The van der Waals surface area contributed by atoms with E-state index < -0.39 is 0 Å². The van der Waals surface area contributed by atoms with Crippen molar-refractivity contribution in [1.29, 1.82) is 0 Å². The van der Waals surface area contributed by atoms with Crippen LogP contribution in [0.4, 0.5) is 10.3 Å². The van der Waals surface area contributed by atoms with Gasteiger partial charge in [0.2, 0.25) is 5.95 Å². The van der Waals surface area contributed by atoms with E-state index in [0.717, 1.165) is 73.9 Å². The fraction of sp³-hybridized carbons (Fsp3) is 0.522. The maximum absolute atomic E-state index is 13.4. The highest BCUT2D eigenvalue weighted by Gasteiger charge is 2.28. The standard InChI is InChI=1S/C23H31FN6/c1-3-4-13-26-22-27-14-19-20(17-5-7-18(24)8-6-17)29-30(21(19)28-22)15-16-9-11-23(2,25)12-10-16/h5-8,14,16H,3-4,9-13,15,25H2,1-2H3,(H,26,27,28). The number of aromatic nitrogens is 4. The predicted octanol–water partition coefficient (Wildman–Crippen LogP) is 4.75. The van der Waals surface area contributed by atoms with Gasteiger partial charge in [0.05, 0.1) is 5.39 Å². The van der Waals surface area contributed by atoms with Crippen LogP contribution in [0.25, 0.3) is 22.3 Å². The van der Waals surface area contributed by atoms with Gasteiger partial charge in [0, 0.05) is 30.4 Å². The summed E-state index contributed by atoms with van der Waals surface area (Å²) < 4.78 is 15.4. The Morgan fingerprint density at radius 2 is 1.97 bits per heavy atom. The molecule has 2 heterocycles. The van der Waals surface area contributed by atoms with E-state index in [9.17, 15) is 4.39 Å². The summed E-state index contributed by atoms with van der Waals surface area (Å²) in [5.74, 6) is 0.895. The zero-order valence-corrected chi connectivity index (χ0v) is 17.9. The monoisotopic (exact) mass is 410 g/mol. The van der Waals surface area contributed by atoms with Crippen molar-refractivity contribution in [3.05, 3.63) is 36.3 Å². The van der Waals surface area contributed by atoms with Crippen molar-refractivity contribution in [2.45, 2.75) is 64.5 Å². The van der Waals surface area contributed by atoms with Gasteiger partial charge in [-0.15, -0.1) is 0 Å². The third kappa shape index (κ3) is 4.61. The molecule has 30 heavy (non-hydrogen) atoms. The van der Waals surface area contributed by atoms with Crippen molar-refractivity contribution in [3.8, 4) is 11.3 Å². The molecule has 0 aliphatic heterocycles. The summed E-state index contributed by atoms with van der Waals surface area (Å²) in [7, 11) is 0. The van der Waals surface area contributed by atoms with E-state index in [2.05, 4.69) is 24.1 Å². The molecule has 6 nitrogen and oxygen atoms in total. The maximum atomic E-state index is 13.4. The van der Waals surface area contributed by atoms with E-state index >= 15 is 0 Å². The molecule has 1 fully saturated rings. The molecule has 0 radical (unpaired) electrons. The van der Waals surface area contributed by atoms with Crippen LogP contribution in [0.15, 0.2) is 30.5 Å². The molecule has 1 aliphatic rings. The Bertz CT molecular complexity index is 985. The topological polar surface area (TPSA) is 81.7 Å². The average Bonchev–Trinajstić information content (AvgIpc) is 3.08. The van der Waals surface area contributed by atoms with Crippen LogP contribution >= 0.6 is 0 Å². The molecule has 2 aromatic heterocycles. The molecule has 1 aromatic carbocycles. The van der Waals surface area contributed by atoms with E-state index in [1.807, 2.05) is 10.9 Å². The van der Waals surface area contributed by atoms with Gasteiger partial charge in [-0.05, 0) is 69.2 Å². The molecule has 1 aliphatic carbocycles. The SMILES string of the molecule is CCCCNc1ncc2c(-c3ccc(F)cc3)nn(CC3CCC(C)(N)CC3)c2n1. The molecule has 3 aromatic rings. The first-order valence-electron chi connectivity index (χ1n) is 11.0. The van der Waals surface area contributed by atoms with Gasteiger partial charge in [-0.3, -0.25) is 0 Å². The molecule has 0 unspecified atom stereocenters. The summed E-state index contributed by atoms with van der Waals surface area (Å²) in [4.78, 5) is 9.28. The molecule has 0 spiro atoms. The molecule has 0 saturated heterocycles. The first kappa shape index (κ1) is 20.7. The third-order valence-electron chi connectivity index (χ3n) is 6.10. The van der Waals surface area contributed by atoms with E-state index in [1.165, 1.54) is 12.1 Å². The Labute approximate surface area is 177 Å². The smallest absolute Gasteiger partial charge is 0.224 e. The number of unbranched alkanes of at least 4 members (excludes halogenated alkanes) is 1. The second-order valence-corrected chi connectivity index (χ2v) is 8.85. The van der Waals surface area contributed by atoms with Gasteiger partial charge < -0.3 is 11.1 Å². The lowest BCUT2D eigenvalue weighted by atomic mass is 9.78. The first-order valence-corrected chi connectivity index (χ1v) is 11.0. The first-order chi connectivity index (χ1) is 14.4. The Hall–Kier alpha value is -2.54. The number of anilines is 1. The highest BCUT2D eigenvalue weighted by atomic mass is 19.1. The van der Waals surface area contributed by atoms with Crippen molar-refractivity contribution in [1.82, 2.24) is 19.7 Å². The molecule has 160 valence electrons. The summed E-state index contributed by atoms with van der Waals surface area (Å²) in [6, 6.07) is 6.44. The van der Waals surface area contributed by atoms with E-state index in [0.29, 0.717) is 11.9 Å². The molecule has 4 rings (SSSR count). The number of nitrogens with zero attached hydrogens (tertiary/aromatic N) is 4. The minimum atomic E-state index is -0.256. The second-order valence-electron chi connectivity index (χ2n) is 8.85. The van der Waals surface area contributed by atoms with Crippen LogP contribution in [0, 0.1) is 11.7 Å². The van der Waals surface area contributed by atoms with Crippen LogP contribution in [-0.4, -0.2) is 31.8 Å². The van der Waals surface area contributed by atoms with Gasteiger partial charge in [-0.2, -0.15) is 10.1 Å². The van der Waals surface area contributed by atoms with Gasteiger partial charge in [0.25, 0.3) is 0 Å². The highest BCUT2D eigenvalue weighted by molar-refractivity contribution is 5.91. The number of hydrogen-bond acceptors (Lipinski definition) is 5. The Morgan fingerprint density at radius 1 is 1.23 bits per heavy atom. The van der Waals surface area contributed by atoms with Crippen LogP contribution in [0.5, 0.6) is 0 Å². The van der Waals surface area contributed by atoms with E-state index in [4.69, 9.17) is 15.8 Å². The quantitative estimate of drug-likeness (QED) is 0.549. The average molecular weight is 411 g/mol. The number of nitrogens with two attached hydrogens (primary N) is 1. The molecule has 3 N–H and O–H groups in total. The third-order valence-corrected chi connectivity index (χ3v) is 6.10. The molecule has 0 amide bonds. The lowest BCUT2D eigenvalue weighted by molar-refractivity contribution is 0.229. The highest BCUT2D eigenvalue weighted by Crippen LogP contribution is 2.33. The summed E-state index contributed by atoms with van der Waals surface area (Å²) in [6.45, 7) is 5.95. The number of hydrogen-bond donors (Lipinski definition) is 2. The summed E-state index contributed by atoms with van der Waals surface area (Å²) in [5, 5.41) is 9.09. The van der Waals surface area contributed by atoms with Crippen molar-refractivity contribution in [2.24, 2.45) is 11.7 Å². The largest absolute Gasteiger partial charge is 0.354 e. The van der Waals surface area contributed by atoms with Gasteiger partial charge >= 0.3 is 0 Å². The molecular formula is C23H31FN6. The van der Waals surface area contributed by atoms with Gasteiger partial charge in [0.1, 0.15) is 11.5 Å². The molecule has 0 bridgehead atoms. The number of halogens is 1. The van der Waals surface area contributed by atoms with Crippen molar-refractivity contribution in [2.75, 3.05) is 11.9 Å². The fourth-order valence-corrected chi connectivity index (χ4v) is 4.13. The van der Waals surface area contributed by atoms with E-state index in [-0.39, 0.29) is 11.4 Å². The van der Waals surface area contributed by atoms with Crippen molar-refractivity contribution >= 4 is 17.0 Å². The van der Waals surface area contributed by atoms with Crippen LogP contribution in [0.2, 0.25) is 0 Å². The molecule has 1 saturated carbocycles. The van der Waals surface area contributed by atoms with Crippen molar-refractivity contribution in [3.63, 3.8) is 0 Å². The minimum Gasteiger partial charge on any atom is -0.354 e. The normalized spacial score (nSPS) is 21.8. The van der Waals surface area contributed by atoms with Crippen LogP contribution in [-0.2, 0) is 6.54 Å². The minimum absolute atomic E-state index is 0.0551. The Kier molecular flexibility index (Phi) is 5.99. The Balaban J connectivity index is 1.67. The maximum Gasteiger partial charge on any atom is 0.224 e. The van der Waals surface area contributed by atoms with Crippen LogP contribution < -0.4 is 11.1 Å².